The van der Waals surface area contributed by atoms with E-state index >= 15 is 0 Å². The van der Waals surface area contributed by atoms with Crippen LogP contribution in [0.4, 0.5) is 0 Å². The molecule has 0 spiro atoms. The zero-order valence-corrected chi connectivity index (χ0v) is 29.0. The van der Waals surface area contributed by atoms with Gasteiger partial charge in [-0.15, -0.1) is 0 Å². The maximum Gasteiger partial charge on any atom is 0.167 e. The van der Waals surface area contributed by atoms with Crippen molar-refractivity contribution in [2.75, 3.05) is 0 Å². The Morgan fingerprint density at radius 1 is 0.389 bits per heavy atom. The summed E-state index contributed by atoms with van der Waals surface area (Å²) >= 11 is 0. The van der Waals surface area contributed by atoms with Crippen LogP contribution in [0.2, 0.25) is 0 Å². The molecule has 54 heavy (non-hydrogen) atoms. The molecule has 0 fully saturated rings. The second kappa shape index (κ2) is 12.1. The zero-order chi connectivity index (χ0) is 35.6. The van der Waals surface area contributed by atoms with Gasteiger partial charge in [-0.2, -0.15) is 0 Å². The third kappa shape index (κ3) is 4.76. The lowest BCUT2D eigenvalue weighted by Gasteiger charge is -2.12. The van der Waals surface area contributed by atoms with Crippen molar-refractivity contribution in [1.82, 2.24) is 19.5 Å². The molecule has 11 aromatic rings. The van der Waals surface area contributed by atoms with Crippen LogP contribution in [0.15, 0.2) is 186 Å². The molecule has 0 N–H and O–H groups in total. The fourth-order valence-corrected chi connectivity index (χ4v) is 8.01. The summed E-state index contributed by atoms with van der Waals surface area (Å²) in [6.07, 6.45) is 0. The monoisotopic (exact) mass is 690 g/mol. The van der Waals surface area contributed by atoms with Crippen molar-refractivity contribution in [3.8, 4) is 51.0 Å². The van der Waals surface area contributed by atoms with Crippen LogP contribution in [0.25, 0.3) is 105 Å². The van der Waals surface area contributed by atoms with Crippen molar-refractivity contribution < 1.29 is 4.42 Å². The zero-order valence-electron chi connectivity index (χ0n) is 29.0. The largest absolute Gasteiger partial charge is 0.455 e. The Labute approximate surface area is 310 Å². The molecule has 0 aliphatic rings. The number of para-hydroxylation sites is 3. The van der Waals surface area contributed by atoms with E-state index in [9.17, 15) is 0 Å². The van der Waals surface area contributed by atoms with E-state index in [-0.39, 0.29) is 0 Å². The average Bonchev–Trinajstić information content (AvgIpc) is 3.80. The molecule has 5 nitrogen and oxygen atoms in total. The molecular formula is C49H30N4O. The first-order valence-electron chi connectivity index (χ1n) is 18.1. The highest BCUT2D eigenvalue weighted by Crippen LogP contribution is 2.40. The number of hydrogen-bond acceptors (Lipinski definition) is 4. The van der Waals surface area contributed by atoms with Crippen molar-refractivity contribution in [3.05, 3.63) is 182 Å². The van der Waals surface area contributed by atoms with Gasteiger partial charge in [0.2, 0.25) is 0 Å². The highest BCUT2D eigenvalue weighted by atomic mass is 16.3. The summed E-state index contributed by atoms with van der Waals surface area (Å²) in [4.78, 5) is 15.7. The molecular weight excluding hydrogens is 661 g/mol. The number of hydrogen-bond donors (Lipinski definition) is 0. The third-order valence-electron chi connectivity index (χ3n) is 10.5. The van der Waals surface area contributed by atoms with Gasteiger partial charge < -0.3 is 8.98 Å². The molecule has 11 rings (SSSR count). The Bertz CT molecular complexity index is 3220. The van der Waals surface area contributed by atoms with Gasteiger partial charge >= 0.3 is 0 Å². The predicted octanol–water partition coefficient (Wildman–Crippen LogP) is 12.7. The van der Waals surface area contributed by atoms with Gasteiger partial charge in [0.15, 0.2) is 17.5 Å². The Balaban J connectivity index is 1.17. The van der Waals surface area contributed by atoms with Crippen LogP contribution in [0, 0.1) is 0 Å². The van der Waals surface area contributed by atoms with Gasteiger partial charge in [0.05, 0.1) is 16.6 Å². The Morgan fingerprint density at radius 3 is 1.87 bits per heavy atom. The Morgan fingerprint density at radius 2 is 1.02 bits per heavy atom. The summed E-state index contributed by atoms with van der Waals surface area (Å²) in [5, 5.41) is 6.75. The van der Waals surface area contributed by atoms with Gasteiger partial charge in [0.1, 0.15) is 11.2 Å². The maximum absolute atomic E-state index is 6.68. The molecule has 5 heteroatoms. The number of fused-ring (bicyclic) bond motifs is 8. The lowest BCUT2D eigenvalue weighted by atomic mass is 9.99. The molecule has 8 aromatic carbocycles. The standard InChI is InChI=1S/C49H30N4O/c1-3-14-31(15-4-1)35-19-9-10-22-38(35)48-50-47(33-26-28-43-41(30-33)37-21-11-12-25-42(37)53(43)34-17-5-2-6-18-34)51-49(52-48)40-24-13-23-39-45-36-20-8-7-16-32(36)27-29-44(45)54-46(39)40/h1-30H. The van der Waals surface area contributed by atoms with E-state index in [0.717, 1.165) is 77.2 Å². The molecule has 0 amide bonds. The lowest BCUT2D eigenvalue weighted by molar-refractivity contribution is 0.670. The molecule has 3 heterocycles. The first kappa shape index (κ1) is 30.3. The Hall–Kier alpha value is -7.37. The van der Waals surface area contributed by atoms with E-state index < -0.39 is 0 Å². The summed E-state index contributed by atoms with van der Waals surface area (Å²) in [5.74, 6) is 1.74. The average molecular weight is 691 g/mol. The highest BCUT2D eigenvalue weighted by molar-refractivity contribution is 6.20. The fraction of sp³-hybridized carbons (Fsp3) is 0. The second-order valence-electron chi connectivity index (χ2n) is 13.6. The first-order valence-corrected chi connectivity index (χ1v) is 18.1. The van der Waals surface area contributed by atoms with E-state index in [4.69, 9.17) is 19.4 Å². The summed E-state index contributed by atoms with van der Waals surface area (Å²) in [6.45, 7) is 0. The Kier molecular flexibility index (Phi) is 6.79. The van der Waals surface area contributed by atoms with Gasteiger partial charge in [0.25, 0.3) is 0 Å². The van der Waals surface area contributed by atoms with Crippen molar-refractivity contribution in [2.24, 2.45) is 0 Å². The molecule has 0 atom stereocenters. The van der Waals surface area contributed by atoms with Crippen LogP contribution >= 0.6 is 0 Å². The topological polar surface area (TPSA) is 56.7 Å². The number of furan rings is 1. The normalized spacial score (nSPS) is 11.7. The number of aromatic nitrogens is 4. The maximum atomic E-state index is 6.68. The molecule has 0 saturated heterocycles. The molecule has 0 aliphatic carbocycles. The first-order chi connectivity index (χ1) is 26.8. The summed E-state index contributed by atoms with van der Waals surface area (Å²) in [7, 11) is 0. The minimum atomic E-state index is 0.554. The van der Waals surface area contributed by atoms with Crippen molar-refractivity contribution in [3.63, 3.8) is 0 Å². The van der Waals surface area contributed by atoms with Crippen molar-refractivity contribution >= 4 is 54.5 Å². The van der Waals surface area contributed by atoms with Gasteiger partial charge in [-0.3, -0.25) is 0 Å². The molecule has 0 radical (unpaired) electrons. The van der Waals surface area contributed by atoms with Crippen LogP contribution in [-0.4, -0.2) is 19.5 Å². The van der Waals surface area contributed by atoms with Crippen LogP contribution in [0.5, 0.6) is 0 Å². The van der Waals surface area contributed by atoms with E-state index in [2.05, 4.69) is 174 Å². The smallest absolute Gasteiger partial charge is 0.167 e. The van der Waals surface area contributed by atoms with Crippen LogP contribution < -0.4 is 0 Å². The quantitative estimate of drug-likeness (QED) is 0.180. The minimum absolute atomic E-state index is 0.554. The van der Waals surface area contributed by atoms with E-state index in [1.165, 1.54) is 10.8 Å². The van der Waals surface area contributed by atoms with Gasteiger partial charge in [0, 0.05) is 38.4 Å². The van der Waals surface area contributed by atoms with E-state index in [1.54, 1.807) is 0 Å². The van der Waals surface area contributed by atoms with Gasteiger partial charge in [-0.05, 0) is 70.4 Å². The van der Waals surface area contributed by atoms with Gasteiger partial charge in [-0.1, -0.05) is 133 Å². The molecule has 0 bridgehead atoms. The van der Waals surface area contributed by atoms with Crippen molar-refractivity contribution in [2.45, 2.75) is 0 Å². The molecule has 0 aliphatic heterocycles. The van der Waals surface area contributed by atoms with Crippen LogP contribution in [-0.2, 0) is 0 Å². The van der Waals surface area contributed by atoms with E-state index in [1.807, 2.05) is 12.1 Å². The molecule has 3 aromatic heterocycles. The summed E-state index contributed by atoms with van der Waals surface area (Å²) < 4.78 is 9.00. The second-order valence-corrected chi connectivity index (χ2v) is 13.6. The van der Waals surface area contributed by atoms with Gasteiger partial charge in [-0.25, -0.2) is 15.0 Å². The predicted molar refractivity (Wildman–Crippen MR) is 221 cm³/mol. The minimum Gasteiger partial charge on any atom is -0.455 e. The summed E-state index contributed by atoms with van der Waals surface area (Å²) in [5.41, 5.74) is 9.77. The third-order valence-corrected chi connectivity index (χ3v) is 10.5. The fourth-order valence-electron chi connectivity index (χ4n) is 8.01. The molecule has 0 unspecified atom stereocenters. The van der Waals surface area contributed by atoms with Crippen LogP contribution in [0.3, 0.4) is 0 Å². The van der Waals surface area contributed by atoms with Crippen molar-refractivity contribution in [1.29, 1.82) is 0 Å². The highest BCUT2D eigenvalue weighted by Gasteiger charge is 2.21. The lowest BCUT2D eigenvalue weighted by Crippen LogP contribution is -2.01. The summed E-state index contributed by atoms with van der Waals surface area (Å²) in [6, 6.07) is 63.2. The number of nitrogens with zero attached hydrogens (tertiary/aromatic N) is 4. The SMILES string of the molecule is c1ccc(-c2ccccc2-c2nc(-c3ccc4c(c3)c3ccccc3n4-c3ccccc3)nc(-c3cccc4c3oc3ccc5ccccc5c34)n2)cc1. The number of rotatable bonds is 5. The van der Waals surface area contributed by atoms with E-state index in [0.29, 0.717) is 17.5 Å². The number of benzene rings is 8. The molecule has 252 valence electrons. The molecule has 0 saturated carbocycles. The van der Waals surface area contributed by atoms with Crippen LogP contribution in [0.1, 0.15) is 0 Å².